The summed E-state index contributed by atoms with van der Waals surface area (Å²) in [7, 11) is 1.35. The molecule has 2 fully saturated rings. The lowest BCUT2D eigenvalue weighted by Crippen LogP contribution is -2.46. The van der Waals surface area contributed by atoms with Gasteiger partial charge in [-0.3, -0.25) is 14.5 Å². The number of nitrogens with one attached hydrogen (secondary N) is 1. The standard InChI is InChI=1S/C18H22F2N2O3/c1-25-18(24)16-8-11-4-2-3-5-15(11)22(16)10-17(23)21-12-6-7-13(19)14(20)9-12/h6-7,9,11,15-16H,2-5,8,10H2,1H3,(H,21,23)/t11-,15-,16+/m1/s1. The summed E-state index contributed by atoms with van der Waals surface area (Å²) in [5.74, 6) is -2.26. The van der Waals surface area contributed by atoms with E-state index < -0.39 is 17.7 Å². The molecule has 0 aromatic heterocycles. The third-order valence-electron chi connectivity index (χ3n) is 5.22. The van der Waals surface area contributed by atoms with Gasteiger partial charge in [-0.2, -0.15) is 0 Å². The van der Waals surface area contributed by atoms with Crippen LogP contribution >= 0.6 is 0 Å². The van der Waals surface area contributed by atoms with E-state index in [9.17, 15) is 18.4 Å². The summed E-state index contributed by atoms with van der Waals surface area (Å²) in [6.45, 7) is 0.0277. The zero-order chi connectivity index (χ0) is 18.0. The van der Waals surface area contributed by atoms with Gasteiger partial charge < -0.3 is 10.1 Å². The first kappa shape index (κ1) is 17.8. The molecule has 1 aromatic rings. The van der Waals surface area contributed by atoms with Gasteiger partial charge in [0, 0.05) is 17.8 Å². The molecule has 2 aliphatic rings. The lowest BCUT2D eigenvalue weighted by atomic mass is 9.85. The Morgan fingerprint density at radius 2 is 2.00 bits per heavy atom. The van der Waals surface area contributed by atoms with Crippen LogP contribution in [0, 0.1) is 17.6 Å². The van der Waals surface area contributed by atoms with Crippen molar-refractivity contribution in [2.24, 2.45) is 5.92 Å². The lowest BCUT2D eigenvalue weighted by molar-refractivity contribution is -0.146. The number of hydrogen-bond acceptors (Lipinski definition) is 4. The molecule has 3 atom stereocenters. The summed E-state index contributed by atoms with van der Waals surface area (Å²) < 4.78 is 31.1. The Hall–Kier alpha value is -2.02. The second kappa shape index (κ2) is 7.47. The number of ether oxygens (including phenoxy) is 1. The molecule has 1 aliphatic heterocycles. The van der Waals surface area contributed by atoms with Crippen LogP contribution in [-0.2, 0) is 14.3 Å². The topological polar surface area (TPSA) is 58.6 Å². The minimum atomic E-state index is -1.02. The van der Waals surface area contributed by atoms with Crippen molar-refractivity contribution in [3.05, 3.63) is 29.8 Å². The van der Waals surface area contributed by atoms with Crippen LogP contribution in [0.1, 0.15) is 32.1 Å². The van der Waals surface area contributed by atoms with E-state index in [1.807, 2.05) is 4.90 Å². The number of methoxy groups -OCH3 is 1. The molecule has 1 saturated heterocycles. The molecule has 0 unspecified atom stereocenters. The summed E-state index contributed by atoms with van der Waals surface area (Å²) in [4.78, 5) is 26.4. The van der Waals surface area contributed by atoms with Gasteiger partial charge in [0.25, 0.3) is 0 Å². The summed E-state index contributed by atoms with van der Waals surface area (Å²) in [5.41, 5.74) is 0.193. The highest BCUT2D eigenvalue weighted by atomic mass is 19.2. The van der Waals surface area contributed by atoms with Crippen LogP contribution in [-0.4, -0.2) is 42.5 Å². The van der Waals surface area contributed by atoms with Crippen molar-refractivity contribution < 1.29 is 23.1 Å². The van der Waals surface area contributed by atoms with E-state index in [2.05, 4.69) is 5.32 Å². The van der Waals surface area contributed by atoms with E-state index in [1.54, 1.807) is 0 Å². The number of nitrogens with zero attached hydrogens (tertiary/aromatic N) is 1. The Labute approximate surface area is 145 Å². The molecule has 1 aliphatic carbocycles. The minimum Gasteiger partial charge on any atom is -0.468 e. The van der Waals surface area contributed by atoms with Crippen molar-refractivity contribution in [1.82, 2.24) is 4.90 Å². The molecular formula is C18H22F2N2O3. The van der Waals surface area contributed by atoms with Gasteiger partial charge in [0.05, 0.1) is 13.7 Å². The first-order chi connectivity index (χ1) is 12.0. The summed E-state index contributed by atoms with van der Waals surface area (Å²) in [6.07, 6.45) is 4.94. The van der Waals surface area contributed by atoms with Crippen molar-refractivity contribution in [2.75, 3.05) is 19.0 Å². The fourth-order valence-corrected chi connectivity index (χ4v) is 4.09. The maximum Gasteiger partial charge on any atom is 0.323 e. The van der Waals surface area contributed by atoms with Crippen molar-refractivity contribution in [3.8, 4) is 0 Å². The van der Waals surface area contributed by atoms with Crippen LogP contribution in [0.4, 0.5) is 14.5 Å². The monoisotopic (exact) mass is 352 g/mol. The minimum absolute atomic E-state index is 0.0277. The number of fused-ring (bicyclic) bond motifs is 1. The Balaban J connectivity index is 1.70. The Morgan fingerprint density at radius 3 is 2.72 bits per heavy atom. The molecule has 5 nitrogen and oxygen atoms in total. The highest BCUT2D eigenvalue weighted by Crippen LogP contribution is 2.39. The van der Waals surface area contributed by atoms with E-state index in [4.69, 9.17) is 4.74 Å². The molecule has 0 bridgehead atoms. The molecule has 7 heteroatoms. The molecular weight excluding hydrogens is 330 g/mol. The predicted molar refractivity (Wildman–Crippen MR) is 87.9 cm³/mol. The second-order valence-corrected chi connectivity index (χ2v) is 6.74. The third kappa shape index (κ3) is 3.81. The average Bonchev–Trinajstić information content (AvgIpc) is 2.96. The van der Waals surface area contributed by atoms with E-state index in [-0.39, 0.29) is 30.2 Å². The van der Waals surface area contributed by atoms with Gasteiger partial charge in [-0.05, 0) is 37.3 Å². The molecule has 0 spiro atoms. The fourth-order valence-electron chi connectivity index (χ4n) is 4.09. The zero-order valence-corrected chi connectivity index (χ0v) is 14.1. The Bertz CT molecular complexity index is 668. The molecule has 1 amide bonds. The Morgan fingerprint density at radius 1 is 1.24 bits per heavy atom. The van der Waals surface area contributed by atoms with E-state index in [0.717, 1.165) is 37.8 Å². The van der Waals surface area contributed by atoms with Crippen LogP contribution in [0.3, 0.4) is 0 Å². The number of rotatable bonds is 4. The van der Waals surface area contributed by atoms with Crippen molar-refractivity contribution in [3.63, 3.8) is 0 Å². The Kier molecular flexibility index (Phi) is 5.32. The van der Waals surface area contributed by atoms with Gasteiger partial charge in [-0.1, -0.05) is 12.8 Å². The van der Waals surface area contributed by atoms with Crippen LogP contribution in [0.25, 0.3) is 0 Å². The first-order valence-corrected chi connectivity index (χ1v) is 8.58. The molecule has 25 heavy (non-hydrogen) atoms. The summed E-state index contributed by atoms with van der Waals surface area (Å²) >= 11 is 0. The molecule has 1 N–H and O–H groups in total. The van der Waals surface area contributed by atoms with Gasteiger partial charge in [-0.15, -0.1) is 0 Å². The summed E-state index contributed by atoms with van der Waals surface area (Å²) in [6, 6.07) is 2.98. The SMILES string of the molecule is COC(=O)[C@@H]1C[C@H]2CCCC[C@H]2N1CC(=O)Nc1ccc(F)c(F)c1. The van der Waals surface area contributed by atoms with E-state index >= 15 is 0 Å². The van der Waals surface area contributed by atoms with Crippen molar-refractivity contribution in [1.29, 1.82) is 0 Å². The molecule has 1 heterocycles. The van der Waals surface area contributed by atoms with E-state index in [0.29, 0.717) is 12.3 Å². The van der Waals surface area contributed by atoms with Gasteiger partial charge >= 0.3 is 5.97 Å². The molecule has 0 radical (unpaired) electrons. The summed E-state index contributed by atoms with van der Waals surface area (Å²) in [5, 5.41) is 2.57. The molecule has 3 rings (SSSR count). The predicted octanol–water partition coefficient (Wildman–Crippen LogP) is 2.71. The fraction of sp³-hybridized carbons (Fsp3) is 0.556. The van der Waals surface area contributed by atoms with Gasteiger partial charge in [-0.25, -0.2) is 8.78 Å². The maximum atomic E-state index is 13.3. The van der Waals surface area contributed by atoms with Crippen LogP contribution in [0.15, 0.2) is 18.2 Å². The average molecular weight is 352 g/mol. The van der Waals surface area contributed by atoms with Crippen LogP contribution in [0.5, 0.6) is 0 Å². The number of hydrogen-bond donors (Lipinski definition) is 1. The molecule has 136 valence electrons. The number of amides is 1. The van der Waals surface area contributed by atoms with Crippen LogP contribution in [0.2, 0.25) is 0 Å². The number of halogens is 2. The van der Waals surface area contributed by atoms with Crippen molar-refractivity contribution >= 4 is 17.6 Å². The number of anilines is 1. The van der Waals surface area contributed by atoms with Gasteiger partial charge in [0.15, 0.2) is 11.6 Å². The maximum absolute atomic E-state index is 13.3. The normalized spacial score (nSPS) is 26.1. The quantitative estimate of drug-likeness (QED) is 0.847. The third-order valence-corrected chi connectivity index (χ3v) is 5.22. The number of carbonyl (C=O) groups is 2. The highest BCUT2D eigenvalue weighted by Gasteiger charge is 2.46. The largest absolute Gasteiger partial charge is 0.468 e. The van der Waals surface area contributed by atoms with Gasteiger partial charge in [0.1, 0.15) is 6.04 Å². The number of likely N-dealkylation sites (tertiary alicyclic amines) is 1. The molecule has 1 aromatic carbocycles. The second-order valence-electron chi connectivity index (χ2n) is 6.74. The number of esters is 1. The lowest BCUT2D eigenvalue weighted by Gasteiger charge is -2.32. The number of benzene rings is 1. The van der Waals surface area contributed by atoms with E-state index in [1.165, 1.54) is 13.2 Å². The smallest absolute Gasteiger partial charge is 0.323 e. The van der Waals surface area contributed by atoms with Crippen molar-refractivity contribution in [2.45, 2.75) is 44.2 Å². The first-order valence-electron chi connectivity index (χ1n) is 8.58. The zero-order valence-electron chi connectivity index (χ0n) is 14.1. The van der Waals surface area contributed by atoms with Gasteiger partial charge in [0.2, 0.25) is 5.91 Å². The number of carbonyl (C=O) groups excluding carboxylic acids is 2. The molecule has 1 saturated carbocycles. The highest BCUT2D eigenvalue weighted by molar-refractivity contribution is 5.92. The van der Waals surface area contributed by atoms with Crippen LogP contribution < -0.4 is 5.32 Å².